The van der Waals surface area contributed by atoms with E-state index in [0.29, 0.717) is 25.2 Å². The van der Waals surface area contributed by atoms with Gasteiger partial charge < -0.3 is 15.0 Å². The Morgan fingerprint density at radius 3 is 2.91 bits per heavy atom. The van der Waals surface area contributed by atoms with Crippen molar-refractivity contribution in [3.8, 4) is 0 Å². The van der Waals surface area contributed by atoms with Crippen LogP contribution in [0.2, 0.25) is 0 Å². The molecule has 22 heavy (non-hydrogen) atoms. The van der Waals surface area contributed by atoms with Crippen molar-refractivity contribution in [1.29, 1.82) is 0 Å². The van der Waals surface area contributed by atoms with Gasteiger partial charge in [0.1, 0.15) is 6.10 Å². The molecule has 7 nitrogen and oxygen atoms in total. The molecule has 3 rings (SSSR count). The van der Waals surface area contributed by atoms with Gasteiger partial charge in [0.25, 0.3) is 0 Å². The zero-order chi connectivity index (χ0) is 15.9. The van der Waals surface area contributed by atoms with Gasteiger partial charge in [-0.25, -0.2) is 4.79 Å². The molecule has 116 valence electrons. The van der Waals surface area contributed by atoms with Crippen molar-refractivity contribution in [3.05, 3.63) is 23.8 Å². The molecule has 3 amide bonds. The van der Waals surface area contributed by atoms with Gasteiger partial charge in [-0.3, -0.25) is 14.5 Å². The van der Waals surface area contributed by atoms with Gasteiger partial charge in [-0.05, 0) is 23.8 Å². The van der Waals surface area contributed by atoms with Crippen LogP contribution in [0.15, 0.2) is 18.2 Å². The van der Waals surface area contributed by atoms with Gasteiger partial charge in [-0.1, -0.05) is 0 Å². The molecule has 2 aliphatic rings. The van der Waals surface area contributed by atoms with Gasteiger partial charge in [0.15, 0.2) is 0 Å². The summed E-state index contributed by atoms with van der Waals surface area (Å²) in [7, 11) is 1.74. The Kier molecular flexibility index (Phi) is 3.48. The number of hydrogen-bond donors (Lipinski definition) is 1. The number of benzene rings is 1. The highest BCUT2D eigenvalue weighted by Gasteiger charge is 2.33. The summed E-state index contributed by atoms with van der Waals surface area (Å²) in [4.78, 5) is 37.7. The van der Waals surface area contributed by atoms with Crippen LogP contribution in [0.1, 0.15) is 12.5 Å². The van der Waals surface area contributed by atoms with Gasteiger partial charge in [-0.2, -0.15) is 0 Å². The number of rotatable bonds is 3. The number of fused-ring (bicyclic) bond motifs is 1. The molecule has 1 aromatic rings. The zero-order valence-electron chi connectivity index (χ0n) is 12.5. The van der Waals surface area contributed by atoms with Gasteiger partial charge in [0, 0.05) is 25.3 Å². The predicted octanol–water partition coefficient (Wildman–Crippen LogP) is 0.667. The number of carbonyl (C=O) groups excluding carboxylic acids is 3. The molecule has 2 heterocycles. The Balaban J connectivity index is 1.75. The van der Waals surface area contributed by atoms with E-state index in [1.165, 1.54) is 11.8 Å². The first-order chi connectivity index (χ1) is 10.5. The highest BCUT2D eigenvalue weighted by Crippen LogP contribution is 2.32. The third kappa shape index (κ3) is 2.49. The average Bonchev–Trinajstić information content (AvgIpc) is 2.97. The quantitative estimate of drug-likeness (QED) is 0.890. The van der Waals surface area contributed by atoms with Crippen molar-refractivity contribution in [2.24, 2.45) is 0 Å². The van der Waals surface area contributed by atoms with Gasteiger partial charge in [-0.15, -0.1) is 0 Å². The smallest absolute Gasteiger partial charge is 0.414 e. The highest BCUT2D eigenvalue weighted by atomic mass is 16.6. The number of nitrogens with one attached hydrogen (secondary N) is 1. The van der Waals surface area contributed by atoms with Crippen molar-refractivity contribution < 1.29 is 19.1 Å². The van der Waals surface area contributed by atoms with Crippen LogP contribution in [0.25, 0.3) is 0 Å². The third-order valence-electron chi connectivity index (χ3n) is 3.90. The maximum absolute atomic E-state index is 12.0. The van der Waals surface area contributed by atoms with E-state index in [0.717, 1.165) is 11.3 Å². The van der Waals surface area contributed by atoms with E-state index >= 15 is 0 Å². The van der Waals surface area contributed by atoms with Gasteiger partial charge in [0.2, 0.25) is 11.8 Å². The molecule has 0 unspecified atom stereocenters. The highest BCUT2D eigenvalue weighted by molar-refractivity contribution is 6.02. The average molecular weight is 303 g/mol. The number of hydrogen-bond acceptors (Lipinski definition) is 4. The van der Waals surface area contributed by atoms with Crippen molar-refractivity contribution in [1.82, 2.24) is 5.32 Å². The molecule has 1 aromatic carbocycles. The van der Waals surface area contributed by atoms with Crippen LogP contribution < -0.4 is 15.1 Å². The largest absolute Gasteiger partial charge is 0.442 e. The summed E-state index contributed by atoms with van der Waals surface area (Å²) in [6.07, 6.45) is -0.459. The number of amides is 3. The molecule has 0 aliphatic carbocycles. The van der Waals surface area contributed by atoms with E-state index in [2.05, 4.69) is 5.32 Å². The van der Waals surface area contributed by atoms with Crippen LogP contribution in [0.3, 0.4) is 0 Å². The minimum absolute atomic E-state index is 0.0414. The molecule has 7 heteroatoms. The number of nitrogens with zero attached hydrogens (tertiary/aromatic N) is 2. The fourth-order valence-corrected chi connectivity index (χ4v) is 2.72. The van der Waals surface area contributed by atoms with E-state index in [9.17, 15) is 14.4 Å². The zero-order valence-corrected chi connectivity index (χ0v) is 12.5. The molecular weight excluding hydrogens is 286 g/mol. The first kappa shape index (κ1) is 14.4. The normalized spacial score (nSPS) is 20.2. The predicted molar refractivity (Wildman–Crippen MR) is 79.9 cm³/mol. The van der Waals surface area contributed by atoms with Crippen molar-refractivity contribution >= 4 is 29.3 Å². The monoisotopic (exact) mass is 303 g/mol. The third-order valence-corrected chi connectivity index (χ3v) is 3.90. The van der Waals surface area contributed by atoms with Crippen LogP contribution in [0, 0.1) is 0 Å². The lowest BCUT2D eigenvalue weighted by molar-refractivity contribution is -0.119. The number of likely N-dealkylation sites (N-methyl/N-ethyl adjacent to an activating group) is 1. The molecule has 1 saturated heterocycles. The summed E-state index contributed by atoms with van der Waals surface area (Å²) >= 11 is 0. The first-order valence-electron chi connectivity index (χ1n) is 7.08. The molecular formula is C15H17N3O4. The van der Waals surface area contributed by atoms with Crippen LogP contribution in [-0.2, 0) is 20.7 Å². The fourth-order valence-electron chi connectivity index (χ4n) is 2.72. The number of carbonyl (C=O) groups is 3. The summed E-state index contributed by atoms with van der Waals surface area (Å²) in [5, 5.41) is 2.64. The molecule has 1 atom stereocenters. The second-order valence-electron chi connectivity index (χ2n) is 5.50. The Morgan fingerprint density at radius 1 is 1.41 bits per heavy atom. The Morgan fingerprint density at radius 2 is 2.18 bits per heavy atom. The molecule has 2 aliphatic heterocycles. The molecule has 0 spiro atoms. The minimum atomic E-state index is -0.437. The second kappa shape index (κ2) is 5.32. The van der Waals surface area contributed by atoms with Crippen LogP contribution in [0.4, 0.5) is 16.2 Å². The van der Waals surface area contributed by atoms with Gasteiger partial charge in [0.05, 0.1) is 19.5 Å². The van der Waals surface area contributed by atoms with Crippen molar-refractivity contribution in [3.63, 3.8) is 0 Å². The first-order valence-corrected chi connectivity index (χ1v) is 7.08. The standard InChI is InChI=1S/C15H17N3O4/c1-9(19)16-7-12-8-18(15(21)22-12)11-3-4-13-10(5-11)6-14(20)17(13)2/h3-5,12H,6-8H2,1-2H3,(H,16,19)/t12-/m0/s1. The lowest BCUT2D eigenvalue weighted by Gasteiger charge is -2.15. The number of cyclic esters (lactones) is 1. The lowest BCUT2D eigenvalue weighted by Crippen LogP contribution is -2.33. The molecule has 0 saturated carbocycles. The van der Waals surface area contributed by atoms with Crippen molar-refractivity contribution in [2.45, 2.75) is 19.4 Å². The SMILES string of the molecule is CC(=O)NC[C@H]1CN(c2ccc3c(c2)CC(=O)N3C)C(=O)O1. The Hall–Kier alpha value is -2.57. The van der Waals surface area contributed by atoms with E-state index in [1.807, 2.05) is 12.1 Å². The molecule has 0 aromatic heterocycles. The summed E-state index contributed by atoms with van der Waals surface area (Å²) in [6.45, 7) is 2.09. The van der Waals surface area contributed by atoms with Crippen molar-refractivity contribution in [2.75, 3.05) is 29.9 Å². The van der Waals surface area contributed by atoms with Crippen LogP contribution in [-0.4, -0.2) is 44.1 Å². The number of anilines is 2. The van der Waals surface area contributed by atoms with E-state index < -0.39 is 6.09 Å². The molecule has 1 fully saturated rings. The second-order valence-corrected chi connectivity index (χ2v) is 5.50. The lowest BCUT2D eigenvalue weighted by atomic mass is 10.1. The molecule has 1 N–H and O–H groups in total. The summed E-state index contributed by atoms with van der Waals surface area (Å²) in [5.74, 6) is -0.117. The molecule has 0 radical (unpaired) electrons. The Bertz CT molecular complexity index is 658. The van der Waals surface area contributed by atoms with Gasteiger partial charge >= 0.3 is 6.09 Å². The molecule has 0 bridgehead atoms. The maximum atomic E-state index is 12.0. The minimum Gasteiger partial charge on any atom is -0.442 e. The Labute approximate surface area is 127 Å². The van der Waals surface area contributed by atoms with E-state index in [1.54, 1.807) is 18.0 Å². The van der Waals surface area contributed by atoms with Crippen LogP contribution in [0.5, 0.6) is 0 Å². The fraction of sp³-hybridized carbons (Fsp3) is 0.400. The number of ether oxygens (including phenoxy) is 1. The maximum Gasteiger partial charge on any atom is 0.414 e. The topological polar surface area (TPSA) is 79.0 Å². The van der Waals surface area contributed by atoms with E-state index in [-0.39, 0.29) is 17.9 Å². The summed E-state index contributed by atoms with van der Waals surface area (Å²) < 4.78 is 5.24. The van der Waals surface area contributed by atoms with E-state index in [4.69, 9.17) is 4.74 Å². The van der Waals surface area contributed by atoms with Crippen LogP contribution >= 0.6 is 0 Å². The summed E-state index contributed by atoms with van der Waals surface area (Å²) in [6, 6.07) is 5.48. The summed E-state index contributed by atoms with van der Waals surface area (Å²) in [5.41, 5.74) is 2.48.